The topological polar surface area (TPSA) is 191 Å². The summed E-state index contributed by atoms with van der Waals surface area (Å²) >= 11 is 12.8. The molecule has 0 saturated carbocycles. The van der Waals surface area contributed by atoms with E-state index in [0.717, 1.165) is 76.1 Å². The zero-order valence-electron chi connectivity index (χ0n) is 41.5. The predicted molar refractivity (Wildman–Crippen MR) is 278 cm³/mol. The van der Waals surface area contributed by atoms with Crippen molar-refractivity contribution in [2.24, 2.45) is 19.8 Å². The number of nitrogens with zero attached hydrogens (tertiary/aromatic N) is 6. The minimum Gasteiger partial charge on any atom is -0.492 e. The summed E-state index contributed by atoms with van der Waals surface area (Å²) in [6, 6.07) is 18.5. The molecule has 6 aromatic rings. The summed E-state index contributed by atoms with van der Waals surface area (Å²) in [5, 5.41) is 14.4. The van der Waals surface area contributed by atoms with Crippen molar-refractivity contribution in [1.29, 1.82) is 0 Å². The third kappa shape index (κ3) is 15.7. The maximum absolute atomic E-state index is 13.1. The number of piperidine rings is 2. The van der Waals surface area contributed by atoms with Gasteiger partial charge in [-0.3, -0.25) is 28.8 Å². The Bertz CT molecular complexity index is 3060. The van der Waals surface area contributed by atoms with Crippen LogP contribution in [0.4, 0.5) is 37.7 Å². The summed E-state index contributed by atoms with van der Waals surface area (Å²) in [5.41, 5.74) is 6.91. The average Bonchev–Trinajstić information content (AvgIpc) is 3.90. The average molecular weight is 1120 g/mol. The fraction of sp³-hybridized carbons (Fsp3) is 0.373. The van der Waals surface area contributed by atoms with E-state index in [9.17, 15) is 44.3 Å². The zero-order valence-corrected chi connectivity index (χ0v) is 43.8. The number of hydrogen-bond acceptors (Lipinski definition) is 11. The molecule has 4 heterocycles. The Morgan fingerprint density at radius 1 is 0.658 bits per heavy atom. The third-order valence-electron chi connectivity index (χ3n) is 12.6. The number of hydrogen-bond donors (Lipinski definition) is 4. The highest BCUT2D eigenvalue weighted by Gasteiger charge is 2.32. The van der Waals surface area contributed by atoms with Gasteiger partial charge in [0, 0.05) is 72.9 Å². The van der Waals surface area contributed by atoms with Crippen molar-refractivity contribution in [3.8, 4) is 34.0 Å². The van der Waals surface area contributed by atoms with Crippen LogP contribution < -0.4 is 30.6 Å². The number of anilines is 2. The molecule has 0 radical (unpaired) electrons. The summed E-state index contributed by atoms with van der Waals surface area (Å²) in [7, 11) is 0.189. The molecule has 25 heteroatoms. The fourth-order valence-corrected chi connectivity index (χ4v) is 10.0. The van der Waals surface area contributed by atoms with Crippen LogP contribution in [-0.2, 0) is 36.5 Å². The number of carbonyl (C=O) groups is 2. The van der Waals surface area contributed by atoms with Gasteiger partial charge in [-0.15, -0.1) is 0 Å². The minimum absolute atomic E-state index is 0.0792. The van der Waals surface area contributed by atoms with Crippen molar-refractivity contribution in [2.75, 3.05) is 69.4 Å². The molecule has 2 amide bonds. The number of ether oxygens (including phenoxy) is 2. The fourth-order valence-electron chi connectivity index (χ4n) is 8.67. The molecule has 0 atom stereocenters. The molecular weight excluding hydrogens is 1070 g/mol. The molecule has 2 saturated heterocycles. The number of halogens is 8. The maximum Gasteiger partial charge on any atom is 0.416 e. The van der Waals surface area contributed by atoms with Crippen LogP contribution >= 0.6 is 23.2 Å². The number of amides is 2. The van der Waals surface area contributed by atoms with E-state index >= 15 is 0 Å². The Labute approximate surface area is 445 Å². The first-order chi connectivity index (χ1) is 35.9. The molecular formula is C51H56Cl2F6N10O6S. The molecule has 2 aromatic heterocycles. The Morgan fingerprint density at radius 2 is 1.07 bits per heavy atom. The molecule has 2 aliphatic rings. The molecule has 2 aliphatic heterocycles. The zero-order chi connectivity index (χ0) is 55.0. The molecule has 0 unspecified atom stereocenters. The van der Waals surface area contributed by atoms with Gasteiger partial charge in [0.25, 0.3) is 11.8 Å². The molecule has 5 N–H and O–H groups in total. The smallest absolute Gasteiger partial charge is 0.416 e. The van der Waals surface area contributed by atoms with E-state index in [2.05, 4.69) is 35.4 Å². The lowest BCUT2D eigenvalue weighted by Gasteiger charge is -2.31. The van der Waals surface area contributed by atoms with Crippen LogP contribution in [0.1, 0.15) is 57.5 Å². The van der Waals surface area contributed by atoms with E-state index in [1.165, 1.54) is 36.7 Å². The molecule has 0 bridgehead atoms. The van der Waals surface area contributed by atoms with Gasteiger partial charge in [-0.25, -0.2) is 13.1 Å². The predicted octanol–water partition coefficient (Wildman–Crippen LogP) is 9.22. The number of nitrogens with two attached hydrogens (primary N) is 1. The number of nitrogens with one attached hydrogen (secondary N) is 3. The number of rotatable bonds is 16. The number of aromatic nitrogens is 4. The lowest BCUT2D eigenvalue weighted by Crippen LogP contribution is -2.45. The lowest BCUT2D eigenvalue weighted by molar-refractivity contribution is -0.138. The number of sulfonamides is 1. The third-order valence-corrected chi connectivity index (χ3v) is 13.9. The van der Waals surface area contributed by atoms with Gasteiger partial charge in [0.1, 0.15) is 24.7 Å². The van der Waals surface area contributed by atoms with Crippen LogP contribution in [-0.4, -0.2) is 120 Å². The Hall–Kier alpha value is -6.21. The molecule has 408 valence electrons. The number of aryl methyl sites for hydroxylation is 2. The highest BCUT2D eigenvalue weighted by molar-refractivity contribution is 7.88. The second kappa shape index (κ2) is 24.8. The number of benzene rings is 4. The second-order valence-corrected chi connectivity index (χ2v) is 20.9. The summed E-state index contributed by atoms with van der Waals surface area (Å²) < 4.78 is 119. The van der Waals surface area contributed by atoms with Crippen LogP contribution in [0.3, 0.4) is 0 Å². The first-order valence-electron chi connectivity index (χ1n) is 24.0. The summed E-state index contributed by atoms with van der Waals surface area (Å²) in [6.45, 7) is 5.40. The van der Waals surface area contributed by atoms with Gasteiger partial charge >= 0.3 is 12.4 Å². The molecule has 0 spiro atoms. The van der Waals surface area contributed by atoms with Crippen molar-refractivity contribution in [3.63, 3.8) is 0 Å². The second-order valence-electron chi connectivity index (χ2n) is 18.3. The number of carbonyl (C=O) groups excluding carboxylic acids is 2. The molecule has 16 nitrogen and oxygen atoms in total. The minimum atomic E-state index is -4.57. The van der Waals surface area contributed by atoms with E-state index in [4.69, 9.17) is 38.4 Å². The quantitative estimate of drug-likeness (QED) is 0.0676. The van der Waals surface area contributed by atoms with Crippen molar-refractivity contribution in [2.45, 2.75) is 50.1 Å². The van der Waals surface area contributed by atoms with Gasteiger partial charge in [0.05, 0.1) is 51.2 Å². The molecule has 8 rings (SSSR count). The highest BCUT2D eigenvalue weighted by atomic mass is 35.5. The van der Waals surface area contributed by atoms with Gasteiger partial charge < -0.3 is 25.8 Å². The van der Waals surface area contributed by atoms with E-state index in [0.29, 0.717) is 88.0 Å². The molecule has 2 fully saturated rings. The number of alkyl halides is 6. The van der Waals surface area contributed by atoms with E-state index < -0.39 is 45.3 Å². The van der Waals surface area contributed by atoms with E-state index in [1.807, 2.05) is 0 Å². The van der Waals surface area contributed by atoms with Crippen LogP contribution in [0.25, 0.3) is 22.5 Å². The van der Waals surface area contributed by atoms with Gasteiger partial charge in [0.2, 0.25) is 10.0 Å². The largest absolute Gasteiger partial charge is 0.492 e. The Kier molecular flexibility index (Phi) is 18.8. The molecule has 4 aromatic carbocycles. The van der Waals surface area contributed by atoms with Gasteiger partial charge in [0.15, 0.2) is 0 Å². The van der Waals surface area contributed by atoms with Crippen molar-refractivity contribution in [3.05, 3.63) is 130 Å². The standard InChI is InChI=1S/C26H29ClF3N5O4S.C25H27ClF3N5O2/c1-34-24(22(27)16-31-34)21-15-20(32-25(36)17-4-3-5-18(14-17)26(28,29)30)6-7-23(21)39-13-12-35-10-8-19(9-11-35)33-40(2,37)38;1-33-23(21(26)15-31-33)20-14-19(32-24(35)16-3-2-4-17(13-16)25(27,28)29)5-6-22(20)36-12-11-34-9-7-18(30)8-10-34/h3-7,14-16,19,33H,8-13H2,1-2H3,(H,32,36);2-6,13-15,18H,7-12,30H2,1H3,(H,32,35). The maximum atomic E-state index is 13.1. The monoisotopic (exact) mass is 1120 g/mol. The van der Waals surface area contributed by atoms with Crippen molar-refractivity contribution >= 4 is 56.4 Å². The van der Waals surface area contributed by atoms with E-state index in [-0.39, 0.29) is 23.2 Å². The molecule has 76 heavy (non-hydrogen) atoms. The van der Waals surface area contributed by atoms with Gasteiger partial charge in [-0.1, -0.05) is 35.3 Å². The summed E-state index contributed by atoms with van der Waals surface area (Å²) in [4.78, 5) is 29.9. The van der Waals surface area contributed by atoms with Crippen LogP contribution in [0, 0.1) is 0 Å². The van der Waals surface area contributed by atoms with Crippen LogP contribution in [0.15, 0.2) is 97.3 Å². The normalized spacial score (nSPS) is 15.2. The highest BCUT2D eigenvalue weighted by Crippen LogP contribution is 2.39. The first kappa shape index (κ1) is 57.5. The Morgan fingerprint density at radius 3 is 1.43 bits per heavy atom. The van der Waals surface area contributed by atoms with E-state index in [1.54, 1.807) is 59.9 Å². The van der Waals surface area contributed by atoms with Gasteiger partial charge in [-0.2, -0.15) is 36.5 Å². The Balaban J connectivity index is 0.000000222. The van der Waals surface area contributed by atoms with Crippen LogP contribution in [0.5, 0.6) is 11.5 Å². The first-order valence-corrected chi connectivity index (χ1v) is 26.6. The summed E-state index contributed by atoms with van der Waals surface area (Å²) in [6.07, 6.45) is -1.67. The molecule has 0 aliphatic carbocycles. The number of likely N-dealkylation sites (tertiary alicyclic amines) is 2. The van der Waals surface area contributed by atoms with Gasteiger partial charge in [-0.05, 0) is 125 Å². The van der Waals surface area contributed by atoms with Crippen molar-refractivity contribution in [1.82, 2.24) is 34.1 Å². The SMILES string of the molecule is Cn1ncc(Cl)c1-c1cc(NC(=O)c2cccc(C(F)(F)F)c2)ccc1OCCN1CCC(N)CC1.Cn1ncc(Cl)c1-c1cc(NC(=O)c2cccc(C(F)(F)F)c2)ccc1OCCN1CCC(NS(C)(=O)=O)CC1. The lowest BCUT2D eigenvalue weighted by atomic mass is 10.1. The van der Waals surface area contributed by atoms with Crippen molar-refractivity contribution < 1.29 is 53.8 Å². The van der Waals surface area contributed by atoms with Crippen LogP contribution in [0.2, 0.25) is 10.0 Å². The summed E-state index contributed by atoms with van der Waals surface area (Å²) in [5.74, 6) is -0.335.